The minimum atomic E-state index is -0.621. The number of hydrogen-bond acceptors (Lipinski definition) is 6. The van der Waals surface area contributed by atoms with Crippen LogP contribution in [-0.4, -0.2) is 68.0 Å². The molecule has 0 aliphatic carbocycles. The number of carbonyl (C=O) groups excluding carboxylic acids is 1. The van der Waals surface area contributed by atoms with Crippen molar-refractivity contribution >= 4 is 23.2 Å². The first-order chi connectivity index (χ1) is 13.4. The third kappa shape index (κ3) is 5.29. The van der Waals surface area contributed by atoms with Crippen molar-refractivity contribution in [1.82, 2.24) is 10.2 Å². The predicted octanol–water partition coefficient (Wildman–Crippen LogP) is 1.91. The average Bonchev–Trinajstić information content (AvgIpc) is 2.69. The number of carbonyl (C=O) groups is 1. The second-order valence-corrected chi connectivity index (χ2v) is 8.25. The van der Waals surface area contributed by atoms with Gasteiger partial charge in [0, 0.05) is 45.2 Å². The molecule has 7 nitrogen and oxygen atoms in total. The van der Waals surface area contributed by atoms with Gasteiger partial charge in [-0.3, -0.25) is 4.79 Å². The van der Waals surface area contributed by atoms with Crippen molar-refractivity contribution in [1.29, 1.82) is 0 Å². The first-order valence-electron chi connectivity index (χ1n) is 9.84. The Kier molecular flexibility index (Phi) is 7.04. The van der Waals surface area contributed by atoms with E-state index in [1.807, 2.05) is 0 Å². The molecule has 156 valence electrons. The number of benzene rings is 1. The molecule has 1 aromatic carbocycles. The molecule has 4 N–H and O–H groups in total. The lowest BCUT2D eigenvalue weighted by atomic mass is 9.91. The van der Waals surface area contributed by atoms with E-state index in [0.717, 1.165) is 25.9 Å². The van der Waals surface area contributed by atoms with Gasteiger partial charge in [0.1, 0.15) is 5.75 Å². The van der Waals surface area contributed by atoms with Gasteiger partial charge in [-0.15, -0.1) is 0 Å². The smallest absolute Gasteiger partial charge is 0.255 e. The summed E-state index contributed by atoms with van der Waals surface area (Å²) in [6.07, 6.45) is 3.39. The molecule has 0 radical (unpaired) electrons. The normalized spacial score (nSPS) is 20.7. The van der Waals surface area contributed by atoms with Crippen LogP contribution in [0.15, 0.2) is 12.1 Å². The Morgan fingerprint density at radius 3 is 2.71 bits per heavy atom. The van der Waals surface area contributed by atoms with Crippen LogP contribution in [0.2, 0.25) is 5.02 Å². The molecule has 0 atom stereocenters. The van der Waals surface area contributed by atoms with Crippen molar-refractivity contribution < 1.29 is 19.4 Å². The van der Waals surface area contributed by atoms with E-state index < -0.39 is 5.60 Å². The zero-order valence-electron chi connectivity index (χ0n) is 16.4. The van der Waals surface area contributed by atoms with Crippen molar-refractivity contribution in [3.63, 3.8) is 0 Å². The summed E-state index contributed by atoms with van der Waals surface area (Å²) < 4.78 is 10.6. The molecule has 0 bridgehead atoms. The van der Waals surface area contributed by atoms with E-state index in [0.29, 0.717) is 67.1 Å². The summed E-state index contributed by atoms with van der Waals surface area (Å²) in [6.45, 7) is 4.45. The maximum atomic E-state index is 12.6. The van der Waals surface area contributed by atoms with Gasteiger partial charge in [0.25, 0.3) is 5.91 Å². The van der Waals surface area contributed by atoms with Crippen LogP contribution in [0.4, 0.5) is 5.69 Å². The minimum Gasteiger partial charge on any atom is -0.496 e. The number of hydrogen-bond donors (Lipinski definition) is 3. The maximum Gasteiger partial charge on any atom is 0.255 e. The summed E-state index contributed by atoms with van der Waals surface area (Å²) in [6, 6.07) is 3.11. The van der Waals surface area contributed by atoms with E-state index >= 15 is 0 Å². The summed E-state index contributed by atoms with van der Waals surface area (Å²) in [5.41, 5.74) is 5.92. The third-order valence-corrected chi connectivity index (χ3v) is 6.09. The monoisotopic (exact) mass is 411 g/mol. The average molecular weight is 412 g/mol. The van der Waals surface area contributed by atoms with E-state index in [1.54, 1.807) is 12.1 Å². The van der Waals surface area contributed by atoms with Gasteiger partial charge in [0.2, 0.25) is 0 Å². The molecule has 2 aliphatic rings. The minimum absolute atomic E-state index is 0.210. The summed E-state index contributed by atoms with van der Waals surface area (Å²) >= 11 is 6.05. The van der Waals surface area contributed by atoms with Crippen molar-refractivity contribution in [2.45, 2.75) is 31.3 Å². The molecular weight excluding hydrogens is 382 g/mol. The zero-order valence-corrected chi connectivity index (χ0v) is 17.1. The van der Waals surface area contributed by atoms with Gasteiger partial charge in [0.15, 0.2) is 0 Å². The van der Waals surface area contributed by atoms with Gasteiger partial charge in [0.05, 0.1) is 29.0 Å². The van der Waals surface area contributed by atoms with Crippen LogP contribution in [0.5, 0.6) is 5.75 Å². The zero-order chi connectivity index (χ0) is 20.1. The Morgan fingerprint density at radius 1 is 1.39 bits per heavy atom. The van der Waals surface area contributed by atoms with Crippen LogP contribution in [0.3, 0.4) is 0 Å². The number of nitrogen functional groups attached to an aromatic ring is 1. The third-order valence-electron chi connectivity index (χ3n) is 5.76. The Morgan fingerprint density at radius 2 is 2.07 bits per heavy atom. The first kappa shape index (κ1) is 21.2. The molecular formula is C20H30ClN3O4. The van der Waals surface area contributed by atoms with Crippen LogP contribution >= 0.6 is 11.6 Å². The molecule has 0 aromatic heterocycles. The van der Waals surface area contributed by atoms with Gasteiger partial charge in [-0.1, -0.05) is 11.6 Å². The fraction of sp³-hybridized carbons (Fsp3) is 0.650. The molecule has 0 saturated carbocycles. The molecule has 8 heteroatoms. The second-order valence-electron chi connectivity index (χ2n) is 7.84. The van der Waals surface area contributed by atoms with Gasteiger partial charge < -0.3 is 30.5 Å². The lowest BCUT2D eigenvalue weighted by Gasteiger charge is -2.39. The fourth-order valence-corrected chi connectivity index (χ4v) is 4.09. The molecule has 0 spiro atoms. The molecule has 2 aliphatic heterocycles. The number of methoxy groups -OCH3 is 1. The lowest BCUT2D eigenvalue weighted by molar-refractivity contribution is -0.0829. The largest absolute Gasteiger partial charge is 0.496 e. The molecule has 3 rings (SSSR count). The van der Waals surface area contributed by atoms with E-state index in [9.17, 15) is 9.90 Å². The highest BCUT2D eigenvalue weighted by molar-refractivity contribution is 6.33. The van der Waals surface area contributed by atoms with Crippen LogP contribution < -0.4 is 15.8 Å². The Balaban J connectivity index is 1.46. The van der Waals surface area contributed by atoms with E-state index in [1.165, 1.54) is 7.11 Å². The number of likely N-dealkylation sites (tertiary alicyclic amines) is 1. The van der Waals surface area contributed by atoms with Crippen LogP contribution in [0, 0.1) is 5.92 Å². The van der Waals surface area contributed by atoms with Crippen molar-refractivity contribution in [3.05, 3.63) is 22.7 Å². The van der Waals surface area contributed by atoms with Crippen LogP contribution in [0.25, 0.3) is 0 Å². The number of piperidine rings is 1. The first-order valence-corrected chi connectivity index (χ1v) is 10.2. The van der Waals surface area contributed by atoms with E-state index in [4.69, 9.17) is 26.8 Å². The summed E-state index contributed by atoms with van der Waals surface area (Å²) in [5.74, 6) is 0.622. The maximum absolute atomic E-state index is 12.6. The standard InChI is InChI=1S/C20H30ClN3O4/c1-27-18-11-17(22)16(21)10-15(18)19(25)23-12-14-2-6-24(7-3-14)13-20(26)4-8-28-9-5-20/h10-11,14,26H,2-9,12-13,22H2,1H3,(H,23,25). The van der Waals surface area contributed by atoms with Crippen molar-refractivity contribution in [2.24, 2.45) is 5.92 Å². The Labute approximate surface area is 171 Å². The van der Waals surface area contributed by atoms with Crippen molar-refractivity contribution in [2.75, 3.05) is 52.2 Å². The number of amides is 1. The second kappa shape index (κ2) is 9.31. The highest BCUT2D eigenvalue weighted by Crippen LogP contribution is 2.29. The summed E-state index contributed by atoms with van der Waals surface area (Å²) in [4.78, 5) is 14.9. The Hall–Kier alpha value is -1.54. The van der Waals surface area contributed by atoms with E-state index in [-0.39, 0.29) is 5.91 Å². The summed E-state index contributed by atoms with van der Waals surface area (Å²) in [5, 5.41) is 14.0. The Bertz CT molecular complexity index is 686. The van der Waals surface area contributed by atoms with Crippen LogP contribution in [0.1, 0.15) is 36.0 Å². The molecule has 1 aromatic rings. The number of halogens is 1. The van der Waals surface area contributed by atoms with Gasteiger partial charge in [-0.2, -0.15) is 0 Å². The number of rotatable bonds is 6. The topological polar surface area (TPSA) is 97.0 Å². The number of aliphatic hydroxyl groups is 1. The number of ether oxygens (including phenoxy) is 2. The number of nitrogens with one attached hydrogen (secondary N) is 1. The fourth-order valence-electron chi connectivity index (χ4n) is 3.92. The lowest BCUT2D eigenvalue weighted by Crippen LogP contribution is -2.49. The van der Waals surface area contributed by atoms with Gasteiger partial charge in [-0.05, 0) is 37.9 Å². The van der Waals surface area contributed by atoms with Crippen molar-refractivity contribution in [3.8, 4) is 5.75 Å². The summed E-state index contributed by atoms with van der Waals surface area (Å²) in [7, 11) is 1.50. The van der Waals surface area contributed by atoms with Gasteiger partial charge >= 0.3 is 0 Å². The number of anilines is 1. The van der Waals surface area contributed by atoms with E-state index in [2.05, 4.69) is 10.2 Å². The molecule has 0 unspecified atom stereocenters. The SMILES string of the molecule is COc1cc(N)c(Cl)cc1C(=O)NCC1CCN(CC2(O)CCOCC2)CC1. The number of β-amino-alcohol motifs (C(OH)–C–C–N with tert-alkyl or cyclic N) is 1. The predicted molar refractivity (Wildman–Crippen MR) is 109 cm³/mol. The molecule has 2 saturated heterocycles. The number of nitrogens with two attached hydrogens (primary N) is 1. The van der Waals surface area contributed by atoms with Crippen LogP contribution in [-0.2, 0) is 4.74 Å². The quantitative estimate of drug-likeness (QED) is 0.619. The highest BCUT2D eigenvalue weighted by atomic mass is 35.5. The molecule has 2 fully saturated rings. The molecule has 1 amide bonds. The number of nitrogens with zero attached hydrogens (tertiary/aromatic N) is 1. The highest BCUT2D eigenvalue weighted by Gasteiger charge is 2.33. The molecule has 2 heterocycles. The van der Waals surface area contributed by atoms with Gasteiger partial charge in [-0.25, -0.2) is 0 Å². The molecule has 28 heavy (non-hydrogen) atoms.